The van der Waals surface area contributed by atoms with E-state index in [1.165, 1.54) is 0 Å². The maximum Gasteiger partial charge on any atom is 0.147 e. The molecule has 33 heavy (non-hydrogen) atoms. The van der Waals surface area contributed by atoms with Crippen molar-refractivity contribution in [2.24, 2.45) is 0 Å². The van der Waals surface area contributed by atoms with Gasteiger partial charge in [-0.15, -0.1) is 0 Å². The number of ether oxygens (including phenoxy) is 2. The summed E-state index contributed by atoms with van der Waals surface area (Å²) in [6.45, 7) is 10.2. The molecule has 0 aliphatic rings. The minimum Gasteiger partial charge on any atom is -0.389 e. The molecule has 2 rings (SSSR count). The highest BCUT2D eigenvalue weighted by atomic mass is 28.3. The van der Waals surface area contributed by atoms with Crippen LogP contribution in [0.4, 0.5) is 0 Å². The molecule has 0 radical (unpaired) electrons. The minimum atomic E-state index is -1.04. The van der Waals surface area contributed by atoms with E-state index in [1.807, 2.05) is 61.5 Å². The first-order valence-electron chi connectivity index (χ1n) is 11.9. The van der Waals surface area contributed by atoms with Gasteiger partial charge in [-0.05, 0) is 48.6 Å². The van der Waals surface area contributed by atoms with Crippen LogP contribution in [0.25, 0.3) is 5.57 Å². The third-order valence-electron chi connectivity index (χ3n) is 5.16. The van der Waals surface area contributed by atoms with Crippen LogP contribution >= 0.6 is 0 Å². The average Bonchev–Trinajstić information content (AvgIpc) is 2.80. The number of aliphatic hydroxyl groups excluding tert-OH is 1. The molecule has 3 nitrogen and oxygen atoms in total. The molecule has 0 saturated heterocycles. The Hall–Kier alpha value is -2.24. The van der Waals surface area contributed by atoms with Crippen molar-refractivity contribution in [3.63, 3.8) is 0 Å². The van der Waals surface area contributed by atoms with Gasteiger partial charge in [0.2, 0.25) is 0 Å². The third kappa shape index (κ3) is 12.0. The number of rotatable bonds is 14. The molecule has 0 aliphatic heterocycles. The maximum absolute atomic E-state index is 10.6. The lowest BCUT2D eigenvalue weighted by Crippen LogP contribution is -2.22. The fourth-order valence-electron chi connectivity index (χ4n) is 3.18. The standard InChI is InChI=1S/C29H40O3Si/c1-25(32-24-31-21-22-33(2,3)4)15-9-5-6-14-20-28(30)23-29(26-16-10-7-11-17-26)27-18-12-8-13-19-27/h6-19,23,25,28,30H,5,20-22,24H2,1-4H3/b14-6+,15-9-. The van der Waals surface area contributed by atoms with Gasteiger partial charge in [0.25, 0.3) is 0 Å². The molecule has 0 bridgehead atoms. The van der Waals surface area contributed by atoms with Crippen LogP contribution in [-0.4, -0.2) is 38.8 Å². The van der Waals surface area contributed by atoms with Crippen LogP contribution < -0.4 is 0 Å². The van der Waals surface area contributed by atoms with E-state index in [9.17, 15) is 5.11 Å². The second-order valence-corrected chi connectivity index (χ2v) is 15.1. The molecule has 0 aliphatic carbocycles. The molecular formula is C29H40O3Si. The van der Waals surface area contributed by atoms with E-state index >= 15 is 0 Å². The quantitative estimate of drug-likeness (QED) is 0.140. The van der Waals surface area contributed by atoms with Gasteiger partial charge in [-0.1, -0.05) is 105 Å². The monoisotopic (exact) mass is 464 g/mol. The Balaban J connectivity index is 1.77. The van der Waals surface area contributed by atoms with Crippen molar-refractivity contribution in [1.82, 2.24) is 0 Å². The summed E-state index contributed by atoms with van der Waals surface area (Å²) in [6.07, 6.45) is 11.1. The van der Waals surface area contributed by atoms with Gasteiger partial charge in [-0.25, -0.2) is 0 Å². The van der Waals surface area contributed by atoms with Crippen molar-refractivity contribution in [3.8, 4) is 0 Å². The molecule has 2 aromatic carbocycles. The molecule has 0 heterocycles. The number of hydrogen-bond acceptors (Lipinski definition) is 3. The Morgan fingerprint density at radius 1 is 0.909 bits per heavy atom. The van der Waals surface area contributed by atoms with Gasteiger partial charge >= 0.3 is 0 Å². The van der Waals surface area contributed by atoms with Gasteiger partial charge in [0.05, 0.1) is 12.2 Å². The summed E-state index contributed by atoms with van der Waals surface area (Å²) in [6, 6.07) is 21.6. The van der Waals surface area contributed by atoms with Crippen molar-refractivity contribution >= 4 is 13.6 Å². The highest BCUT2D eigenvalue weighted by Gasteiger charge is 2.12. The first-order valence-corrected chi connectivity index (χ1v) is 15.6. The first-order chi connectivity index (χ1) is 15.8. The Morgan fingerprint density at radius 2 is 1.52 bits per heavy atom. The Kier molecular flexibility index (Phi) is 12.1. The van der Waals surface area contributed by atoms with E-state index in [0.717, 1.165) is 35.8 Å². The molecule has 4 heteroatoms. The highest BCUT2D eigenvalue weighted by molar-refractivity contribution is 6.76. The fourth-order valence-corrected chi connectivity index (χ4v) is 3.94. The topological polar surface area (TPSA) is 38.7 Å². The summed E-state index contributed by atoms with van der Waals surface area (Å²) in [5.41, 5.74) is 3.26. The van der Waals surface area contributed by atoms with Crippen LogP contribution in [0.5, 0.6) is 0 Å². The Labute approximate surface area is 201 Å². The molecule has 0 amide bonds. The van der Waals surface area contributed by atoms with Crippen LogP contribution in [0.1, 0.15) is 30.9 Å². The lowest BCUT2D eigenvalue weighted by molar-refractivity contribution is -0.0665. The second kappa shape index (κ2) is 14.8. The van der Waals surface area contributed by atoms with Crippen LogP contribution in [0.2, 0.25) is 25.7 Å². The molecule has 178 valence electrons. The van der Waals surface area contributed by atoms with Crippen molar-refractivity contribution < 1.29 is 14.6 Å². The normalized spacial score (nSPS) is 14.0. The van der Waals surface area contributed by atoms with Crippen LogP contribution in [0.3, 0.4) is 0 Å². The number of hydrogen-bond donors (Lipinski definition) is 1. The van der Waals surface area contributed by atoms with Gasteiger partial charge < -0.3 is 14.6 Å². The Morgan fingerprint density at radius 3 is 2.09 bits per heavy atom. The van der Waals surface area contributed by atoms with Gasteiger partial charge in [-0.3, -0.25) is 0 Å². The molecule has 1 N–H and O–H groups in total. The summed E-state index contributed by atoms with van der Waals surface area (Å²) >= 11 is 0. The number of allylic oxidation sites excluding steroid dienone is 2. The minimum absolute atomic E-state index is 0.0260. The van der Waals surface area contributed by atoms with E-state index < -0.39 is 14.2 Å². The van der Waals surface area contributed by atoms with E-state index in [0.29, 0.717) is 13.2 Å². The number of aliphatic hydroxyl groups is 1. The van der Waals surface area contributed by atoms with Gasteiger partial charge in [-0.2, -0.15) is 0 Å². The maximum atomic E-state index is 10.6. The summed E-state index contributed by atoms with van der Waals surface area (Å²) in [7, 11) is -1.04. The van der Waals surface area contributed by atoms with Crippen molar-refractivity contribution in [1.29, 1.82) is 0 Å². The average molecular weight is 465 g/mol. The zero-order valence-corrected chi connectivity index (χ0v) is 21.6. The Bertz CT molecular complexity index is 825. The highest BCUT2D eigenvalue weighted by Crippen LogP contribution is 2.24. The predicted octanol–water partition coefficient (Wildman–Crippen LogP) is 7.09. The molecule has 0 saturated carbocycles. The van der Waals surface area contributed by atoms with Crippen molar-refractivity contribution in [2.75, 3.05) is 13.4 Å². The number of benzene rings is 2. The van der Waals surface area contributed by atoms with E-state index in [2.05, 4.69) is 56.1 Å². The SMILES string of the molecule is CC(/C=C\C/C=C/CC(O)C=C(c1ccccc1)c1ccccc1)OCOCC[Si](C)(C)C. The lowest BCUT2D eigenvalue weighted by atomic mass is 9.96. The van der Waals surface area contributed by atoms with Crippen molar-refractivity contribution in [3.05, 3.63) is 102 Å². The second-order valence-electron chi connectivity index (χ2n) is 9.46. The molecule has 0 fully saturated rings. The largest absolute Gasteiger partial charge is 0.389 e. The van der Waals surface area contributed by atoms with Gasteiger partial charge in [0.1, 0.15) is 6.79 Å². The molecule has 0 spiro atoms. The van der Waals surface area contributed by atoms with Crippen LogP contribution in [0.15, 0.2) is 91.0 Å². The zero-order chi connectivity index (χ0) is 23.9. The molecule has 2 atom stereocenters. The van der Waals surface area contributed by atoms with E-state index in [-0.39, 0.29) is 6.10 Å². The lowest BCUT2D eigenvalue weighted by Gasteiger charge is -2.16. The predicted molar refractivity (Wildman–Crippen MR) is 143 cm³/mol. The van der Waals surface area contributed by atoms with Crippen LogP contribution in [0, 0.1) is 0 Å². The summed E-state index contributed by atoms with van der Waals surface area (Å²) in [5, 5.41) is 10.6. The summed E-state index contributed by atoms with van der Waals surface area (Å²) in [5.74, 6) is 0. The van der Waals surface area contributed by atoms with Crippen molar-refractivity contribution in [2.45, 2.75) is 57.7 Å². The van der Waals surface area contributed by atoms with Gasteiger partial charge in [0, 0.05) is 14.7 Å². The van der Waals surface area contributed by atoms with Gasteiger partial charge in [0.15, 0.2) is 0 Å². The molecular weight excluding hydrogens is 424 g/mol. The van der Waals surface area contributed by atoms with E-state index in [4.69, 9.17) is 9.47 Å². The molecule has 2 unspecified atom stereocenters. The first kappa shape index (κ1) is 27.0. The third-order valence-corrected chi connectivity index (χ3v) is 6.87. The molecule has 0 aromatic heterocycles. The smallest absolute Gasteiger partial charge is 0.147 e. The van der Waals surface area contributed by atoms with Crippen LogP contribution in [-0.2, 0) is 9.47 Å². The zero-order valence-electron chi connectivity index (χ0n) is 20.6. The summed E-state index contributed by atoms with van der Waals surface area (Å²) < 4.78 is 11.2. The molecule has 2 aromatic rings. The van der Waals surface area contributed by atoms with E-state index in [1.54, 1.807) is 0 Å². The summed E-state index contributed by atoms with van der Waals surface area (Å²) in [4.78, 5) is 0. The fraction of sp³-hybridized carbons (Fsp3) is 0.379.